The summed E-state index contributed by atoms with van der Waals surface area (Å²) in [6.07, 6.45) is 11.6. The van der Waals surface area contributed by atoms with Gasteiger partial charge in [0.15, 0.2) is 0 Å². The van der Waals surface area contributed by atoms with Gasteiger partial charge in [-0.2, -0.15) is 0 Å². The van der Waals surface area contributed by atoms with Gasteiger partial charge in [-0.15, -0.1) is 0 Å². The van der Waals surface area contributed by atoms with Crippen molar-refractivity contribution in [2.24, 2.45) is 11.8 Å². The number of rotatable bonds is 7. The van der Waals surface area contributed by atoms with Crippen LogP contribution in [-0.2, 0) is 12.8 Å². The summed E-state index contributed by atoms with van der Waals surface area (Å²) in [4.78, 5) is 34.2. The third-order valence-electron chi connectivity index (χ3n) is 6.17. The van der Waals surface area contributed by atoms with Crippen LogP contribution in [0.4, 0.5) is 0 Å². The number of nitrogens with one attached hydrogen (secondary N) is 1. The van der Waals surface area contributed by atoms with Crippen LogP contribution in [0.25, 0.3) is 0 Å². The maximum atomic E-state index is 12.4. The van der Waals surface area contributed by atoms with Crippen molar-refractivity contribution in [2.75, 3.05) is 6.54 Å². The predicted molar refractivity (Wildman–Crippen MR) is 108 cm³/mol. The van der Waals surface area contributed by atoms with E-state index < -0.39 is 0 Å². The van der Waals surface area contributed by atoms with Gasteiger partial charge in [-0.1, -0.05) is 51.2 Å². The Bertz CT molecular complexity index is 816. The Kier molecular flexibility index (Phi) is 5.60. The van der Waals surface area contributed by atoms with Crippen LogP contribution in [0.1, 0.15) is 77.7 Å². The van der Waals surface area contributed by atoms with E-state index in [4.69, 9.17) is 0 Å². The lowest BCUT2D eigenvalue weighted by atomic mass is 9.82. The molecular weight excluding hydrogens is 350 g/mol. The van der Waals surface area contributed by atoms with Crippen molar-refractivity contribution in [3.05, 3.63) is 53.1 Å². The second kappa shape index (κ2) is 8.29. The number of hydrogen-bond donors (Lipinski definition) is 1. The first-order valence-electron chi connectivity index (χ1n) is 10.6. The van der Waals surface area contributed by atoms with Crippen molar-refractivity contribution >= 4 is 11.8 Å². The van der Waals surface area contributed by atoms with Crippen LogP contribution in [0, 0.1) is 11.8 Å². The maximum absolute atomic E-state index is 12.4. The van der Waals surface area contributed by atoms with E-state index in [2.05, 4.69) is 16.9 Å². The third-order valence-corrected chi connectivity index (χ3v) is 6.17. The lowest BCUT2D eigenvalue weighted by Crippen LogP contribution is -2.31. The second-order valence-corrected chi connectivity index (χ2v) is 8.46. The molecule has 2 heterocycles. The molecule has 0 radical (unpaired) electrons. The number of carbonyl (C=O) groups is 2. The van der Waals surface area contributed by atoms with Crippen LogP contribution in [0.3, 0.4) is 0 Å². The molecule has 1 aliphatic carbocycles. The highest BCUT2D eigenvalue weighted by Gasteiger charge is 2.34. The number of aromatic nitrogens is 2. The molecule has 1 unspecified atom stereocenters. The molecule has 148 valence electrons. The summed E-state index contributed by atoms with van der Waals surface area (Å²) in [5, 5.41) is 0. The summed E-state index contributed by atoms with van der Waals surface area (Å²) in [5.74, 6) is 2.13. The molecule has 0 saturated heterocycles. The van der Waals surface area contributed by atoms with Gasteiger partial charge < -0.3 is 4.98 Å². The molecule has 1 aliphatic heterocycles. The molecule has 4 rings (SSSR count). The monoisotopic (exact) mass is 379 g/mol. The van der Waals surface area contributed by atoms with Gasteiger partial charge in [-0.3, -0.25) is 14.5 Å². The molecule has 1 aromatic carbocycles. The largest absolute Gasteiger partial charge is 0.346 e. The van der Waals surface area contributed by atoms with E-state index in [0.29, 0.717) is 30.0 Å². The molecule has 28 heavy (non-hydrogen) atoms. The molecule has 2 aliphatic rings. The Morgan fingerprint density at radius 2 is 1.79 bits per heavy atom. The average Bonchev–Trinajstić information content (AvgIpc) is 3.24. The number of fused-ring (bicyclic) bond motifs is 1. The van der Waals surface area contributed by atoms with Gasteiger partial charge in [0.2, 0.25) is 0 Å². The Labute approximate surface area is 166 Å². The minimum Gasteiger partial charge on any atom is -0.346 e. The van der Waals surface area contributed by atoms with E-state index in [9.17, 15) is 9.59 Å². The molecule has 0 bridgehead atoms. The standard InChI is InChI=1S/C23H29N3O2/c1-16(13-17-7-3-2-4-8-17)14-21-24-15-18(25-21)11-12-26-22(27)19-9-5-6-10-20(19)23(26)28/h5-6,9-10,15-17H,2-4,7-8,11-14H2,1H3,(H,24,25). The van der Waals surface area contributed by atoms with Crippen molar-refractivity contribution in [1.82, 2.24) is 14.9 Å². The summed E-state index contributed by atoms with van der Waals surface area (Å²) in [6.45, 7) is 2.70. The van der Waals surface area contributed by atoms with Crippen LogP contribution in [-0.4, -0.2) is 33.2 Å². The first-order chi connectivity index (χ1) is 13.6. The SMILES string of the molecule is CC(Cc1ncc(CCN2C(=O)c3ccccc3C2=O)[nH]1)CC1CCCCC1. The zero-order chi connectivity index (χ0) is 19.5. The molecule has 1 saturated carbocycles. The number of imidazole rings is 1. The number of carbonyl (C=O) groups excluding carboxylic acids is 2. The first-order valence-corrected chi connectivity index (χ1v) is 10.6. The van der Waals surface area contributed by atoms with E-state index >= 15 is 0 Å². The summed E-state index contributed by atoms with van der Waals surface area (Å²) < 4.78 is 0. The van der Waals surface area contributed by atoms with Crippen molar-refractivity contribution in [2.45, 2.75) is 58.3 Å². The number of hydrogen-bond acceptors (Lipinski definition) is 3. The molecule has 5 heteroatoms. The van der Waals surface area contributed by atoms with Crippen LogP contribution < -0.4 is 0 Å². The molecule has 1 aromatic heterocycles. The molecule has 1 N–H and O–H groups in total. The third kappa shape index (κ3) is 4.03. The quantitative estimate of drug-likeness (QED) is 0.725. The van der Waals surface area contributed by atoms with Gasteiger partial charge in [-0.25, -0.2) is 4.98 Å². The maximum Gasteiger partial charge on any atom is 0.261 e. The second-order valence-electron chi connectivity index (χ2n) is 8.46. The number of amides is 2. The number of benzene rings is 1. The smallest absolute Gasteiger partial charge is 0.261 e. The van der Waals surface area contributed by atoms with E-state index in [-0.39, 0.29) is 11.8 Å². The van der Waals surface area contributed by atoms with Gasteiger partial charge in [0.1, 0.15) is 5.82 Å². The lowest BCUT2D eigenvalue weighted by molar-refractivity contribution is 0.0656. The number of imide groups is 1. The van der Waals surface area contributed by atoms with Gasteiger partial charge in [0, 0.05) is 31.3 Å². The highest BCUT2D eigenvalue weighted by Crippen LogP contribution is 2.30. The van der Waals surface area contributed by atoms with Crippen LogP contribution >= 0.6 is 0 Å². The van der Waals surface area contributed by atoms with Gasteiger partial charge >= 0.3 is 0 Å². The first kappa shape index (κ1) is 18.9. The fourth-order valence-corrected chi connectivity index (χ4v) is 4.72. The minimum absolute atomic E-state index is 0.193. The van der Waals surface area contributed by atoms with Gasteiger partial charge in [0.05, 0.1) is 11.1 Å². The molecule has 5 nitrogen and oxygen atoms in total. The summed E-state index contributed by atoms with van der Waals surface area (Å²) in [6, 6.07) is 7.03. The van der Waals surface area contributed by atoms with Crippen LogP contribution in [0.2, 0.25) is 0 Å². The highest BCUT2D eigenvalue weighted by molar-refractivity contribution is 6.21. The Balaban J connectivity index is 1.29. The molecule has 2 aromatic rings. The fourth-order valence-electron chi connectivity index (χ4n) is 4.72. The van der Waals surface area contributed by atoms with Gasteiger partial charge in [-0.05, 0) is 30.4 Å². The normalized spacial score (nSPS) is 18.5. The zero-order valence-electron chi connectivity index (χ0n) is 16.6. The van der Waals surface area contributed by atoms with Crippen LogP contribution in [0.5, 0.6) is 0 Å². The number of aromatic amines is 1. The predicted octanol–water partition coefficient (Wildman–Crippen LogP) is 4.40. The van der Waals surface area contributed by atoms with Gasteiger partial charge in [0.25, 0.3) is 11.8 Å². The van der Waals surface area contributed by atoms with Crippen LogP contribution in [0.15, 0.2) is 30.5 Å². The molecular formula is C23H29N3O2. The van der Waals surface area contributed by atoms with Crippen molar-refractivity contribution in [3.8, 4) is 0 Å². The zero-order valence-corrected chi connectivity index (χ0v) is 16.6. The Hall–Kier alpha value is -2.43. The van der Waals surface area contributed by atoms with E-state index in [1.807, 2.05) is 6.20 Å². The molecule has 1 atom stereocenters. The van der Waals surface area contributed by atoms with E-state index in [1.54, 1.807) is 24.3 Å². The van der Waals surface area contributed by atoms with Crippen molar-refractivity contribution in [3.63, 3.8) is 0 Å². The number of H-pyrrole nitrogens is 1. The molecule has 0 spiro atoms. The average molecular weight is 380 g/mol. The fraction of sp³-hybridized carbons (Fsp3) is 0.522. The van der Waals surface area contributed by atoms with Crippen molar-refractivity contribution in [1.29, 1.82) is 0 Å². The molecule has 2 amide bonds. The lowest BCUT2D eigenvalue weighted by Gasteiger charge is -2.24. The Morgan fingerprint density at radius 1 is 1.11 bits per heavy atom. The summed E-state index contributed by atoms with van der Waals surface area (Å²) >= 11 is 0. The number of nitrogens with zero attached hydrogens (tertiary/aromatic N) is 2. The highest BCUT2D eigenvalue weighted by atomic mass is 16.2. The summed E-state index contributed by atoms with van der Waals surface area (Å²) in [5.41, 5.74) is 2.00. The van der Waals surface area contributed by atoms with E-state index in [1.165, 1.54) is 43.4 Å². The molecule has 1 fully saturated rings. The van der Waals surface area contributed by atoms with E-state index in [0.717, 1.165) is 23.9 Å². The topological polar surface area (TPSA) is 66.1 Å². The summed E-state index contributed by atoms with van der Waals surface area (Å²) in [7, 11) is 0. The Morgan fingerprint density at radius 3 is 2.46 bits per heavy atom. The minimum atomic E-state index is -0.193. The van der Waals surface area contributed by atoms with Crippen molar-refractivity contribution < 1.29 is 9.59 Å².